The molecular formula is C22H22F3N3O2. The first-order valence-corrected chi connectivity index (χ1v) is 9.43. The number of amides is 3. The van der Waals surface area contributed by atoms with Crippen LogP contribution < -0.4 is 16.0 Å². The van der Waals surface area contributed by atoms with Crippen LogP contribution in [0.5, 0.6) is 0 Å². The van der Waals surface area contributed by atoms with E-state index in [0.29, 0.717) is 5.69 Å². The molecule has 3 rings (SSSR count). The van der Waals surface area contributed by atoms with Gasteiger partial charge in [-0.25, -0.2) is 4.79 Å². The van der Waals surface area contributed by atoms with Gasteiger partial charge in [0.25, 0.3) is 5.91 Å². The Morgan fingerprint density at radius 2 is 1.80 bits per heavy atom. The quantitative estimate of drug-likeness (QED) is 0.648. The summed E-state index contributed by atoms with van der Waals surface area (Å²) in [6.45, 7) is 5.52. The summed E-state index contributed by atoms with van der Waals surface area (Å²) in [6.07, 6.45) is -4.54. The van der Waals surface area contributed by atoms with Crippen molar-refractivity contribution >= 4 is 17.6 Å². The molecule has 0 bridgehead atoms. The van der Waals surface area contributed by atoms with Crippen LogP contribution in [0.15, 0.2) is 59.8 Å². The highest BCUT2D eigenvalue weighted by atomic mass is 19.4. The maximum Gasteiger partial charge on any atom is 0.416 e. The van der Waals surface area contributed by atoms with Crippen LogP contribution in [0, 0.1) is 0 Å². The van der Waals surface area contributed by atoms with E-state index < -0.39 is 29.7 Å². The Morgan fingerprint density at radius 3 is 2.47 bits per heavy atom. The second kappa shape index (κ2) is 8.22. The number of anilines is 1. The maximum atomic E-state index is 13.2. The number of hydrogen-bond acceptors (Lipinski definition) is 2. The molecule has 0 radical (unpaired) electrons. The first kappa shape index (κ1) is 21.4. The number of urea groups is 1. The van der Waals surface area contributed by atoms with Crippen LogP contribution in [0.4, 0.5) is 23.7 Å². The summed E-state index contributed by atoms with van der Waals surface area (Å²) < 4.78 is 39.5. The van der Waals surface area contributed by atoms with Crippen LogP contribution in [0.25, 0.3) is 0 Å². The van der Waals surface area contributed by atoms with Gasteiger partial charge in [0.15, 0.2) is 0 Å². The van der Waals surface area contributed by atoms with Crippen LogP contribution in [0.2, 0.25) is 0 Å². The zero-order valence-electron chi connectivity index (χ0n) is 16.7. The lowest BCUT2D eigenvalue weighted by Gasteiger charge is -2.29. The van der Waals surface area contributed by atoms with Gasteiger partial charge in [-0.2, -0.15) is 13.2 Å². The number of rotatable bonds is 4. The molecule has 0 spiro atoms. The van der Waals surface area contributed by atoms with Crippen molar-refractivity contribution in [2.24, 2.45) is 0 Å². The Kier molecular flexibility index (Phi) is 5.87. The minimum Gasteiger partial charge on any atom is -0.327 e. The second-order valence-corrected chi connectivity index (χ2v) is 7.39. The Balaban J connectivity index is 2.00. The van der Waals surface area contributed by atoms with Gasteiger partial charge in [-0.15, -0.1) is 0 Å². The van der Waals surface area contributed by atoms with Gasteiger partial charge in [-0.1, -0.05) is 44.2 Å². The molecular weight excluding hydrogens is 395 g/mol. The van der Waals surface area contributed by atoms with Crippen LogP contribution in [-0.2, 0) is 11.0 Å². The molecule has 0 aliphatic carbocycles. The van der Waals surface area contributed by atoms with E-state index in [4.69, 9.17) is 0 Å². The Bertz CT molecular complexity index is 1010. The molecule has 0 saturated carbocycles. The van der Waals surface area contributed by atoms with E-state index in [-0.39, 0.29) is 22.8 Å². The van der Waals surface area contributed by atoms with E-state index in [1.807, 2.05) is 26.0 Å². The molecule has 1 heterocycles. The minimum atomic E-state index is -4.54. The monoisotopic (exact) mass is 417 g/mol. The van der Waals surface area contributed by atoms with Gasteiger partial charge >= 0.3 is 12.2 Å². The molecule has 2 aromatic rings. The number of carbonyl (C=O) groups excluding carboxylic acids is 2. The van der Waals surface area contributed by atoms with E-state index in [2.05, 4.69) is 16.0 Å². The van der Waals surface area contributed by atoms with Crippen molar-refractivity contribution in [3.05, 3.63) is 76.5 Å². The third kappa shape index (κ3) is 4.48. The zero-order valence-corrected chi connectivity index (χ0v) is 16.7. The average Bonchev–Trinajstić information content (AvgIpc) is 2.67. The molecule has 30 heavy (non-hydrogen) atoms. The van der Waals surface area contributed by atoms with Crippen molar-refractivity contribution in [1.82, 2.24) is 10.6 Å². The number of para-hydroxylation sites is 1. The van der Waals surface area contributed by atoms with Gasteiger partial charge < -0.3 is 16.0 Å². The highest BCUT2D eigenvalue weighted by molar-refractivity contribution is 6.07. The fourth-order valence-electron chi connectivity index (χ4n) is 3.44. The van der Waals surface area contributed by atoms with Crippen molar-refractivity contribution in [2.45, 2.75) is 38.9 Å². The fourth-order valence-corrected chi connectivity index (χ4v) is 3.44. The summed E-state index contributed by atoms with van der Waals surface area (Å²) in [5.41, 5.74) is 1.27. The van der Waals surface area contributed by atoms with E-state index >= 15 is 0 Å². The Morgan fingerprint density at radius 1 is 1.10 bits per heavy atom. The number of benzene rings is 2. The molecule has 1 aliphatic heterocycles. The lowest BCUT2D eigenvalue weighted by Crippen LogP contribution is -2.46. The number of allylic oxidation sites excluding steroid dienone is 1. The molecule has 5 nitrogen and oxygen atoms in total. The predicted molar refractivity (Wildman–Crippen MR) is 108 cm³/mol. The molecule has 158 valence electrons. The molecule has 3 amide bonds. The van der Waals surface area contributed by atoms with Gasteiger partial charge in [-0.3, -0.25) is 4.79 Å². The second-order valence-electron chi connectivity index (χ2n) is 7.39. The first-order chi connectivity index (χ1) is 14.1. The summed E-state index contributed by atoms with van der Waals surface area (Å²) in [6, 6.07) is 10.3. The highest BCUT2D eigenvalue weighted by Gasteiger charge is 2.35. The predicted octanol–water partition coefficient (Wildman–Crippen LogP) is 5.10. The standard InChI is InChI=1S/C22H22F3N3O2/c1-12(2)16-9-4-5-10-17(16)27-20(29)18-13(3)26-21(30)28-19(18)14-7-6-8-15(11-14)22(23,24)25/h4-12,19H,1-3H3,(H,27,29)(H2,26,28,30)/t19-/m0/s1. The molecule has 3 N–H and O–H groups in total. The summed E-state index contributed by atoms with van der Waals surface area (Å²) in [5, 5.41) is 7.93. The lowest BCUT2D eigenvalue weighted by molar-refractivity contribution is -0.137. The topological polar surface area (TPSA) is 70.2 Å². The van der Waals surface area contributed by atoms with Gasteiger partial charge in [0.2, 0.25) is 0 Å². The molecule has 2 aromatic carbocycles. The maximum absolute atomic E-state index is 13.2. The number of hydrogen-bond donors (Lipinski definition) is 3. The average molecular weight is 417 g/mol. The number of carbonyl (C=O) groups is 2. The third-order valence-corrected chi connectivity index (χ3v) is 4.89. The largest absolute Gasteiger partial charge is 0.416 e. The zero-order chi connectivity index (χ0) is 22.1. The Labute approximate surface area is 172 Å². The first-order valence-electron chi connectivity index (χ1n) is 9.43. The van der Waals surface area contributed by atoms with Crippen molar-refractivity contribution in [3.63, 3.8) is 0 Å². The summed E-state index contributed by atoms with van der Waals surface area (Å²) in [4.78, 5) is 25.1. The highest BCUT2D eigenvalue weighted by Crippen LogP contribution is 2.34. The fraction of sp³-hybridized carbons (Fsp3) is 0.273. The smallest absolute Gasteiger partial charge is 0.327 e. The molecule has 0 saturated heterocycles. The molecule has 0 unspecified atom stereocenters. The van der Waals surface area contributed by atoms with Crippen molar-refractivity contribution in [2.75, 3.05) is 5.32 Å². The number of nitrogens with one attached hydrogen (secondary N) is 3. The van der Waals surface area contributed by atoms with Crippen LogP contribution in [0.1, 0.15) is 49.4 Å². The minimum absolute atomic E-state index is 0.146. The van der Waals surface area contributed by atoms with Crippen molar-refractivity contribution in [3.8, 4) is 0 Å². The van der Waals surface area contributed by atoms with Crippen molar-refractivity contribution in [1.29, 1.82) is 0 Å². The van der Waals surface area contributed by atoms with Crippen LogP contribution in [-0.4, -0.2) is 11.9 Å². The number of halogens is 3. The third-order valence-electron chi connectivity index (χ3n) is 4.89. The molecule has 1 atom stereocenters. The van der Waals surface area contributed by atoms with Gasteiger partial charge in [0.05, 0.1) is 17.2 Å². The number of alkyl halides is 3. The van der Waals surface area contributed by atoms with Gasteiger partial charge in [-0.05, 0) is 42.2 Å². The molecule has 0 aromatic heterocycles. The Hall–Kier alpha value is -3.29. The molecule has 8 heteroatoms. The van der Waals surface area contributed by atoms with E-state index in [0.717, 1.165) is 17.7 Å². The van der Waals surface area contributed by atoms with E-state index in [9.17, 15) is 22.8 Å². The van der Waals surface area contributed by atoms with E-state index in [1.54, 1.807) is 19.1 Å². The van der Waals surface area contributed by atoms with Gasteiger partial charge in [0, 0.05) is 11.4 Å². The summed E-state index contributed by atoms with van der Waals surface area (Å²) >= 11 is 0. The van der Waals surface area contributed by atoms with E-state index in [1.165, 1.54) is 12.1 Å². The SMILES string of the molecule is CC1=C(C(=O)Nc2ccccc2C(C)C)[C@H](c2cccc(C(F)(F)F)c2)NC(=O)N1. The normalized spacial score (nSPS) is 16.9. The molecule has 1 aliphatic rings. The van der Waals surface area contributed by atoms with Crippen molar-refractivity contribution < 1.29 is 22.8 Å². The summed E-state index contributed by atoms with van der Waals surface area (Å²) in [7, 11) is 0. The van der Waals surface area contributed by atoms with Crippen LogP contribution in [0.3, 0.4) is 0 Å². The van der Waals surface area contributed by atoms with Crippen LogP contribution >= 0.6 is 0 Å². The molecule has 0 fully saturated rings. The lowest BCUT2D eigenvalue weighted by atomic mass is 9.93. The summed E-state index contributed by atoms with van der Waals surface area (Å²) in [5.74, 6) is -0.351. The van der Waals surface area contributed by atoms with Gasteiger partial charge in [0.1, 0.15) is 0 Å².